The summed E-state index contributed by atoms with van der Waals surface area (Å²) in [5.74, 6) is 0.897. The molecule has 0 aliphatic heterocycles. The Morgan fingerprint density at radius 3 is 2.14 bits per heavy atom. The molecule has 0 fully saturated rings. The summed E-state index contributed by atoms with van der Waals surface area (Å²) in [6.45, 7) is 4.31. The number of benzene rings is 2. The molecule has 0 saturated carbocycles. The molecular weight excluding hydrogens is 274 g/mol. The first-order valence-electron chi connectivity index (χ1n) is 7.74. The molecule has 0 aliphatic carbocycles. The summed E-state index contributed by atoms with van der Waals surface area (Å²) in [7, 11) is 4.08. The second-order valence-corrected chi connectivity index (χ2v) is 5.47. The van der Waals surface area contributed by atoms with Gasteiger partial charge in [0.1, 0.15) is 18.5 Å². The highest BCUT2D eigenvalue weighted by Crippen LogP contribution is 2.27. The van der Waals surface area contributed by atoms with Gasteiger partial charge in [-0.05, 0) is 44.3 Å². The van der Waals surface area contributed by atoms with Crippen molar-refractivity contribution in [3.05, 3.63) is 65.7 Å². The molecule has 2 aromatic carbocycles. The second kappa shape index (κ2) is 8.57. The van der Waals surface area contributed by atoms with E-state index in [0.717, 1.165) is 17.9 Å². The number of ether oxygens (including phenoxy) is 2. The minimum Gasteiger partial charge on any atom is -0.492 e. The van der Waals surface area contributed by atoms with Gasteiger partial charge in [-0.15, -0.1) is 0 Å². The van der Waals surface area contributed by atoms with E-state index in [4.69, 9.17) is 9.47 Å². The Morgan fingerprint density at radius 2 is 1.55 bits per heavy atom. The summed E-state index contributed by atoms with van der Waals surface area (Å²) >= 11 is 0. The van der Waals surface area contributed by atoms with Crippen LogP contribution in [-0.4, -0.2) is 38.8 Å². The molecule has 0 N–H and O–H groups in total. The van der Waals surface area contributed by atoms with Gasteiger partial charge in [0.05, 0.1) is 0 Å². The summed E-state index contributed by atoms with van der Waals surface area (Å²) in [4.78, 5) is 2.11. The zero-order valence-corrected chi connectivity index (χ0v) is 13.7. The Kier molecular flexibility index (Phi) is 6.44. The van der Waals surface area contributed by atoms with E-state index in [2.05, 4.69) is 29.2 Å². The Bertz CT molecular complexity index is 537. The van der Waals surface area contributed by atoms with Gasteiger partial charge >= 0.3 is 0 Å². The van der Waals surface area contributed by atoms with E-state index in [9.17, 15) is 0 Å². The van der Waals surface area contributed by atoms with Gasteiger partial charge in [0.2, 0.25) is 0 Å². The van der Waals surface area contributed by atoms with Crippen LogP contribution in [0.1, 0.15) is 24.2 Å². The fourth-order valence-corrected chi connectivity index (χ4v) is 2.26. The molecule has 118 valence electrons. The lowest BCUT2D eigenvalue weighted by Gasteiger charge is -2.18. The van der Waals surface area contributed by atoms with Crippen molar-refractivity contribution >= 4 is 0 Å². The Balaban J connectivity index is 2.06. The molecule has 0 radical (unpaired) electrons. The average Bonchev–Trinajstić information content (AvgIpc) is 2.54. The molecule has 0 amide bonds. The van der Waals surface area contributed by atoms with E-state index in [1.165, 1.54) is 5.56 Å². The molecule has 1 atom stereocenters. The summed E-state index contributed by atoms with van der Waals surface area (Å²) in [5, 5.41) is 0. The molecular formula is C19H25NO2. The van der Waals surface area contributed by atoms with Crippen molar-refractivity contribution in [3.63, 3.8) is 0 Å². The van der Waals surface area contributed by atoms with Crippen molar-refractivity contribution in [2.24, 2.45) is 0 Å². The molecule has 0 saturated heterocycles. The predicted molar refractivity (Wildman–Crippen MR) is 90.4 cm³/mol. The largest absolute Gasteiger partial charge is 0.492 e. The van der Waals surface area contributed by atoms with Crippen molar-refractivity contribution in [2.45, 2.75) is 13.0 Å². The third-order valence-electron chi connectivity index (χ3n) is 3.43. The molecule has 22 heavy (non-hydrogen) atoms. The molecule has 0 aromatic heterocycles. The van der Waals surface area contributed by atoms with Crippen molar-refractivity contribution in [1.29, 1.82) is 0 Å². The third kappa shape index (κ3) is 4.86. The maximum atomic E-state index is 5.92. The predicted octanol–water partition coefficient (Wildman–Crippen LogP) is 3.75. The first kappa shape index (κ1) is 16.5. The maximum Gasteiger partial charge on any atom is 0.119 e. The van der Waals surface area contributed by atoms with E-state index >= 15 is 0 Å². The van der Waals surface area contributed by atoms with Crippen LogP contribution in [0.25, 0.3) is 0 Å². The fourth-order valence-electron chi connectivity index (χ4n) is 2.26. The summed E-state index contributed by atoms with van der Waals surface area (Å²) in [6.07, 6.45) is -0.0259. The fraction of sp³-hybridized carbons (Fsp3) is 0.368. The Morgan fingerprint density at radius 1 is 0.909 bits per heavy atom. The highest BCUT2D eigenvalue weighted by Gasteiger charge is 2.13. The van der Waals surface area contributed by atoms with Crippen LogP contribution in [0.3, 0.4) is 0 Å². The van der Waals surface area contributed by atoms with Crippen LogP contribution in [0, 0.1) is 0 Å². The molecule has 2 aromatic rings. The van der Waals surface area contributed by atoms with E-state index < -0.39 is 0 Å². The molecule has 0 heterocycles. The SMILES string of the molecule is CCOC(c1ccccc1)c1ccc(OCCN(C)C)cc1. The molecule has 3 heteroatoms. The van der Waals surface area contributed by atoms with Crippen molar-refractivity contribution in [3.8, 4) is 5.75 Å². The third-order valence-corrected chi connectivity index (χ3v) is 3.43. The first-order valence-corrected chi connectivity index (χ1v) is 7.74. The number of rotatable bonds is 8. The average molecular weight is 299 g/mol. The minimum absolute atomic E-state index is 0.0259. The van der Waals surface area contributed by atoms with Gasteiger partial charge in [0.25, 0.3) is 0 Å². The lowest BCUT2D eigenvalue weighted by Crippen LogP contribution is -2.19. The van der Waals surface area contributed by atoms with Crippen molar-refractivity contribution < 1.29 is 9.47 Å². The molecule has 0 bridgehead atoms. The van der Waals surface area contributed by atoms with Gasteiger partial charge in [-0.3, -0.25) is 0 Å². The number of nitrogens with zero attached hydrogens (tertiary/aromatic N) is 1. The normalized spacial score (nSPS) is 12.4. The number of hydrogen-bond donors (Lipinski definition) is 0. The maximum absolute atomic E-state index is 5.92. The second-order valence-electron chi connectivity index (χ2n) is 5.47. The van der Waals surface area contributed by atoms with Gasteiger partial charge in [-0.1, -0.05) is 42.5 Å². The van der Waals surface area contributed by atoms with Crippen molar-refractivity contribution in [1.82, 2.24) is 4.90 Å². The highest BCUT2D eigenvalue weighted by atomic mass is 16.5. The molecule has 0 spiro atoms. The van der Waals surface area contributed by atoms with Crippen LogP contribution in [0.5, 0.6) is 5.75 Å². The first-order chi connectivity index (χ1) is 10.7. The van der Waals surface area contributed by atoms with E-state index in [-0.39, 0.29) is 6.10 Å². The Hall–Kier alpha value is -1.84. The quantitative estimate of drug-likeness (QED) is 0.741. The minimum atomic E-state index is -0.0259. The molecule has 0 aliphatic rings. The van der Waals surface area contributed by atoms with Crippen LogP contribution in [0.4, 0.5) is 0 Å². The van der Waals surface area contributed by atoms with Crippen molar-refractivity contribution in [2.75, 3.05) is 33.9 Å². The van der Waals surface area contributed by atoms with Gasteiger partial charge in [-0.2, -0.15) is 0 Å². The molecule has 2 rings (SSSR count). The van der Waals surface area contributed by atoms with Crippen LogP contribution < -0.4 is 4.74 Å². The van der Waals surface area contributed by atoms with Crippen LogP contribution in [0.15, 0.2) is 54.6 Å². The van der Waals surface area contributed by atoms with Gasteiger partial charge in [-0.25, -0.2) is 0 Å². The zero-order chi connectivity index (χ0) is 15.8. The monoisotopic (exact) mass is 299 g/mol. The van der Waals surface area contributed by atoms with Gasteiger partial charge in [0.15, 0.2) is 0 Å². The van der Waals surface area contributed by atoms with E-state index in [0.29, 0.717) is 13.2 Å². The zero-order valence-electron chi connectivity index (χ0n) is 13.7. The van der Waals surface area contributed by atoms with Gasteiger partial charge < -0.3 is 14.4 Å². The topological polar surface area (TPSA) is 21.7 Å². The van der Waals surface area contributed by atoms with Crippen LogP contribution >= 0.6 is 0 Å². The van der Waals surface area contributed by atoms with Gasteiger partial charge in [0, 0.05) is 13.2 Å². The standard InChI is InChI=1S/C19H25NO2/c1-4-21-19(16-8-6-5-7-9-16)17-10-12-18(13-11-17)22-15-14-20(2)3/h5-13,19H,4,14-15H2,1-3H3. The smallest absolute Gasteiger partial charge is 0.119 e. The lowest BCUT2D eigenvalue weighted by molar-refractivity contribution is 0.0913. The lowest BCUT2D eigenvalue weighted by atomic mass is 10.0. The summed E-state index contributed by atoms with van der Waals surface area (Å²) in [6, 6.07) is 18.5. The van der Waals surface area contributed by atoms with E-state index in [1.807, 2.05) is 51.4 Å². The highest BCUT2D eigenvalue weighted by molar-refractivity contribution is 5.34. The number of likely N-dealkylation sites (N-methyl/N-ethyl adjacent to an activating group) is 1. The van der Waals surface area contributed by atoms with Crippen LogP contribution in [-0.2, 0) is 4.74 Å². The van der Waals surface area contributed by atoms with Crippen LogP contribution in [0.2, 0.25) is 0 Å². The Labute approximate surface area is 133 Å². The summed E-state index contributed by atoms with van der Waals surface area (Å²) in [5.41, 5.74) is 2.32. The number of hydrogen-bond acceptors (Lipinski definition) is 3. The molecule has 1 unspecified atom stereocenters. The molecule has 3 nitrogen and oxygen atoms in total. The summed E-state index contributed by atoms with van der Waals surface area (Å²) < 4.78 is 11.7. The van der Waals surface area contributed by atoms with E-state index in [1.54, 1.807) is 0 Å².